The van der Waals surface area contributed by atoms with Crippen LogP contribution in [0.4, 0.5) is 0 Å². The van der Waals surface area contributed by atoms with Crippen LogP contribution in [0.1, 0.15) is 12.5 Å². The molecule has 0 saturated heterocycles. The first-order valence-electron chi connectivity index (χ1n) is 7.39. The van der Waals surface area contributed by atoms with Crippen LogP contribution < -0.4 is 0 Å². The number of phenols is 2. The normalized spacial score (nSPS) is 10.6. The minimum Gasteiger partial charge on any atom is -0.508 e. The van der Waals surface area contributed by atoms with Gasteiger partial charge < -0.3 is 10.2 Å². The van der Waals surface area contributed by atoms with Crippen molar-refractivity contribution in [3.63, 3.8) is 0 Å². The highest BCUT2D eigenvalue weighted by molar-refractivity contribution is 5.73. The molecule has 0 heterocycles. The third kappa shape index (κ3) is 2.82. The fourth-order valence-electron chi connectivity index (χ4n) is 2.65. The maximum Gasteiger partial charge on any atom is 0.115 e. The first kappa shape index (κ1) is 14.2. The van der Waals surface area contributed by atoms with E-state index in [1.165, 1.54) is 0 Å². The van der Waals surface area contributed by atoms with E-state index in [9.17, 15) is 10.2 Å². The average Bonchev–Trinajstić information content (AvgIpc) is 2.56. The molecular weight excluding hydrogens is 272 g/mol. The van der Waals surface area contributed by atoms with Crippen molar-refractivity contribution in [2.24, 2.45) is 0 Å². The highest BCUT2D eigenvalue weighted by Gasteiger charge is 2.06. The second kappa shape index (κ2) is 5.94. The molecule has 0 saturated carbocycles. The van der Waals surface area contributed by atoms with E-state index in [0.29, 0.717) is 5.75 Å². The predicted molar refractivity (Wildman–Crippen MR) is 90.0 cm³/mol. The summed E-state index contributed by atoms with van der Waals surface area (Å²) in [6.45, 7) is 2.09. The van der Waals surface area contributed by atoms with Crippen molar-refractivity contribution in [1.29, 1.82) is 0 Å². The Labute approximate surface area is 130 Å². The Morgan fingerprint density at radius 2 is 1.14 bits per heavy atom. The molecule has 0 radical (unpaired) electrons. The molecule has 0 aliphatic carbocycles. The lowest BCUT2D eigenvalue weighted by atomic mass is 9.96. The Kier molecular flexibility index (Phi) is 3.84. The van der Waals surface area contributed by atoms with Crippen LogP contribution in [0.25, 0.3) is 22.3 Å². The highest BCUT2D eigenvalue weighted by Crippen LogP contribution is 2.30. The smallest absolute Gasteiger partial charge is 0.115 e. The number of hydrogen-bond acceptors (Lipinski definition) is 2. The summed E-state index contributed by atoms with van der Waals surface area (Å²) < 4.78 is 0. The Hall–Kier alpha value is -2.74. The van der Waals surface area contributed by atoms with Crippen molar-refractivity contribution in [3.05, 3.63) is 72.3 Å². The number of aryl methyl sites for hydroxylation is 1. The van der Waals surface area contributed by atoms with Gasteiger partial charge in [-0.1, -0.05) is 49.4 Å². The summed E-state index contributed by atoms with van der Waals surface area (Å²) in [5.74, 6) is 0.582. The van der Waals surface area contributed by atoms with Gasteiger partial charge in [-0.3, -0.25) is 0 Å². The number of rotatable bonds is 3. The molecule has 0 amide bonds. The molecule has 0 bridgehead atoms. The molecule has 0 spiro atoms. The fourth-order valence-corrected chi connectivity index (χ4v) is 2.65. The van der Waals surface area contributed by atoms with Gasteiger partial charge in [-0.25, -0.2) is 0 Å². The van der Waals surface area contributed by atoms with E-state index in [1.54, 1.807) is 18.2 Å². The fraction of sp³-hybridized carbons (Fsp3) is 0.100. The van der Waals surface area contributed by atoms with Crippen LogP contribution in [-0.4, -0.2) is 10.2 Å². The Bertz CT molecular complexity index is 772. The number of phenolic OH excluding ortho intramolecular Hbond substituents is 2. The van der Waals surface area contributed by atoms with Gasteiger partial charge in [0.1, 0.15) is 11.5 Å². The minimum absolute atomic E-state index is 0.275. The molecule has 22 heavy (non-hydrogen) atoms. The van der Waals surface area contributed by atoms with Gasteiger partial charge in [-0.15, -0.1) is 0 Å². The highest BCUT2D eigenvalue weighted by atomic mass is 16.3. The van der Waals surface area contributed by atoms with E-state index in [-0.39, 0.29) is 5.75 Å². The zero-order chi connectivity index (χ0) is 15.5. The van der Waals surface area contributed by atoms with Crippen LogP contribution in [0, 0.1) is 0 Å². The maximum absolute atomic E-state index is 9.61. The lowest BCUT2D eigenvalue weighted by molar-refractivity contribution is 0.474. The Balaban J connectivity index is 1.96. The molecule has 110 valence electrons. The van der Waals surface area contributed by atoms with Gasteiger partial charge in [0.05, 0.1) is 0 Å². The maximum atomic E-state index is 9.61. The zero-order valence-electron chi connectivity index (χ0n) is 12.5. The van der Waals surface area contributed by atoms with Crippen molar-refractivity contribution in [1.82, 2.24) is 0 Å². The molecule has 0 fully saturated rings. The largest absolute Gasteiger partial charge is 0.508 e. The first-order chi connectivity index (χ1) is 10.7. The van der Waals surface area contributed by atoms with Crippen molar-refractivity contribution in [2.75, 3.05) is 0 Å². The minimum atomic E-state index is 0.275. The number of aromatic hydroxyl groups is 2. The zero-order valence-corrected chi connectivity index (χ0v) is 12.5. The molecule has 2 nitrogen and oxygen atoms in total. The summed E-state index contributed by atoms with van der Waals surface area (Å²) in [6, 6.07) is 21.0. The summed E-state index contributed by atoms with van der Waals surface area (Å²) >= 11 is 0. The number of hydrogen-bond donors (Lipinski definition) is 2. The van der Waals surface area contributed by atoms with Crippen LogP contribution in [0.5, 0.6) is 11.5 Å². The van der Waals surface area contributed by atoms with E-state index in [2.05, 4.69) is 31.2 Å². The summed E-state index contributed by atoms with van der Waals surface area (Å²) in [5.41, 5.74) is 5.61. The first-order valence-corrected chi connectivity index (χ1v) is 7.39. The van der Waals surface area contributed by atoms with E-state index in [1.807, 2.05) is 24.3 Å². The topological polar surface area (TPSA) is 40.5 Å². The summed E-state index contributed by atoms with van der Waals surface area (Å²) in [4.78, 5) is 0. The van der Waals surface area contributed by atoms with Crippen LogP contribution in [-0.2, 0) is 6.42 Å². The predicted octanol–water partition coefficient (Wildman–Crippen LogP) is 4.99. The van der Waals surface area contributed by atoms with E-state index < -0.39 is 0 Å². The Morgan fingerprint density at radius 3 is 1.73 bits per heavy atom. The second-order valence-electron chi connectivity index (χ2n) is 5.32. The lowest BCUT2D eigenvalue weighted by Gasteiger charge is -2.10. The summed E-state index contributed by atoms with van der Waals surface area (Å²) in [7, 11) is 0. The molecule has 3 aromatic rings. The van der Waals surface area contributed by atoms with Gasteiger partial charge in [-0.05, 0) is 58.5 Å². The van der Waals surface area contributed by atoms with E-state index in [0.717, 1.165) is 34.2 Å². The quantitative estimate of drug-likeness (QED) is 0.713. The van der Waals surface area contributed by atoms with Crippen LogP contribution in [0.3, 0.4) is 0 Å². The number of benzene rings is 3. The summed E-state index contributed by atoms with van der Waals surface area (Å²) in [6.07, 6.45) is 0.878. The van der Waals surface area contributed by atoms with Crippen LogP contribution in [0.15, 0.2) is 66.7 Å². The van der Waals surface area contributed by atoms with E-state index in [4.69, 9.17) is 0 Å². The van der Waals surface area contributed by atoms with Crippen molar-refractivity contribution >= 4 is 0 Å². The lowest BCUT2D eigenvalue weighted by Crippen LogP contribution is -1.87. The summed E-state index contributed by atoms with van der Waals surface area (Å²) in [5, 5.41) is 19.0. The van der Waals surface area contributed by atoms with Crippen molar-refractivity contribution < 1.29 is 10.2 Å². The Morgan fingerprint density at radius 1 is 0.636 bits per heavy atom. The monoisotopic (exact) mass is 290 g/mol. The molecule has 0 atom stereocenters. The van der Waals surface area contributed by atoms with Gasteiger partial charge >= 0.3 is 0 Å². The molecule has 0 unspecified atom stereocenters. The van der Waals surface area contributed by atoms with Gasteiger partial charge in [0, 0.05) is 0 Å². The molecule has 3 rings (SSSR count). The SMILES string of the molecule is CCc1cc(O)ccc1-c1ccc(-c2ccc(O)cc2)cc1. The van der Waals surface area contributed by atoms with E-state index >= 15 is 0 Å². The van der Waals surface area contributed by atoms with Gasteiger partial charge in [0.15, 0.2) is 0 Å². The van der Waals surface area contributed by atoms with Gasteiger partial charge in [0.25, 0.3) is 0 Å². The third-order valence-corrected chi connectivity index (χ3v) is 3.87. The van der Waals surface area contributed by atoms with Crippen molar-refractivity contribution in [2.45, 2.75) is 13.3 Å². The molecule has 0 aromatic heterocycles. The molecule has 2 N–H and O–H groups in total. The van der Waals surface area contributed by atoms with Crippen LogP contribution >= 0.6 is 0 Å². The standard InChI is InChI=1S/C20H18O2/c1-2-14-13-19(22)11-12-20(14)17-5-3-15(4-6-17)16-7-9-18(21)10-8-16/h3-13,21-22H,2H2,1H3. The van der Waals surface area contributed by atoms with Gasteiger partial charge in [0.2, 0.25) is 0 Å². The second-order valence-corrected chi connectivity index (χ2v) is 5.32. The molecule has 3 aromatic carbocycles. The average molecular weight is 290 g/mol. The molecule has 0 aliphatic heterocycles. The molecule has 0 aliphatic rings. The molecular formula is C20H18O2. The third-order valence-electron chi connectivity index (χ3n) is 3.87. The van der Waals surface area contributed by atoms with Crippen LogP contribution in [0.2, 0.25) is 0 Å². The van der Waals surface area contributed by atoms with Crippen molar-refractivity contribution in [3.8, 4) is 33.8 Å². The molecule has 2 heteroatoms. The van der Waals surface area contributed by atoms with Gasteiger partial charge in [-0.2, -0.15) is 0 Å².